The van der Waals surface area contributed by atoms with Crippen LogP contribution in [0.3, 0.4) is 0 Å². The van der Waals surface area contributed by atoms with Gasteiger partial charge in [-0.25, -0.2) is 0 Å². The lowest BCUT2D eigenvalue weighted by Gasteiger charge is -2.17. The highest BCUT2D eigenvalue weighted by molar-refractivity contribution is 6.07. The lowest BCUT2D eigenvalue weighted by molar-refractivity contribution is 0.104. The van der Waals surface area contributed by atoms with E-state index in [-0.39, 0.29) is 5.78 Å². The largest absolute Gasteiger partial charge is 0.497 e. The van der Waals surface area contributed by atoms with Crippen LogP contribution in [0.5, 0.6) is 11.5 Å². The standard InChI is InChI=1S/C21H23NO3/c1-24-19-11-7-17(21(15-19)25-2)8-12-20(23)16-5-9-18(10-6-16)22-13-3-4-14-22/h5-12,15H,3-4,13-14H2,1-2H3/b12-8+. The Morgan fingerprint density at radius 2 is 1.72 bits per heavy atom. The fraction of sp³-hybridized carbons (Fsp3) is 0.286. The van der Waals surface area contributed by atoms with Gasteiger partial charge in [-0.1, -0.05) is 0 Å². The molecule has 0 radical (unpaired) electrons. The minimum absolute atomic E-state index is 0.0224. The number of hydrogen-bond donors (Lipinski definition) is 0. The molecule has 1 heterocycles. The van der Waals surface area contributed by atoms with Crippen molar-refractivity contribution in [3.63, 3.8) is 0 Å². The van der Waals surface area contributed by atoms with Gasteiger partial charge in [0.25, 0.3) is 0 Å². The summed E-state index contributed by atoms with van der Waals surface area (Å²) >= 11 is 0. The highest BCUT2D eigenvalue weighted by Crippen LogP contribution is 2.26. The fourth-order valence-electron chi connectivity index (χ4n) is 3.03. The maximum absolute atomic E-state index is 12.4. The van der Waals surface area contributed by atoms with E-state index in [2.05, 4.69) is 4.90 Å². The number of allylic oxidation sites excluding steroid dienone is 1. The van der Waals surface area contributed by atoms with E-state index in [0.29, 0.717) is 11.3 Å². The molecule has 0 unspecified atom stereocenters. The number of methoxy groups -OCH3 is 2. The Kier molecular flexibility index (Phi) is 5.39. The number of carbonyl (C=O) groups is 1. The van der Waals surface area contributed by atoms with Gasteiger partial charge >= 0.3 is 0 Å². The van der Waals surface area contributed by atoms with E-state index < -0.39 is 0 Å². The van der Waals surface area contributed by atoms with Gasteiger partial charge in [0, 0.05) is 36.0 Å². The van der Waals surface area contributed by atoms with Gasteiger partial charge in [-0.15, -0.1) is 0 Å². The van der Waals surface area contributed by atoms with Gasteiger partial charge in [0.2, 0.25) is 0 Å². The second-order valence-corrected chi connectivity index (χ2v) is 6.05. The highest BCUT2D eigenvalue weighted by Gasteiger charge is 2.12. The van der Waals surface area contributed by atoms with Crippen LogP contribution < -0.4 is 14.4 Å². The third kappa shape index (κ3) is 4.02. The molecule has 2 aromatic rings. The van der Waals surface area contributed by atoms with Crippen LogP contribution >= 0.6 is 0 Å². The summed E-state index contributed by atoms with van der Waals surface area (Å²) < 4.78 is 10.5. The van der Waals surface area contributed by atoms with Crippen LogP contribution in [0.4, 0.5) is 5.69 Å². The number of anilines is 1. The van der Waals surface area contributed by atoms with Crippen LogP contribution in [0, 0.1) is 0 Å². The molecule has 1 aliphatic heterocycles. The zero-order valence-electron chi connectivity index (χ0n) is 14.7. The van der Waals surface area contributed by atoms with Crippen molar-refractivity contribution in [2.45, 2.75) is 12.8 Å². The van der Waals surface area contributed by atoms with Crippen LogP contribution in [0.1, 0.15) is 28.8 Å². The van der Waals surface area contributed by atoms with Gasteiger partial charge in [-0.3, -0.25) is 4.79 Å². The zero-order valence-corrected chi connectivity index (χ0v) is 14.7. The second kappa shape index (κ2) is 7.88. The van der Waals surface area contributed by atoms with Crippen molar-refractivity contribution in [3.8, 4) is 11.5 Å². The molecule has 3 rings (SSSR count). The van der Waals surface area contributed by atoms with Crippen molar-refractivity contribution in [2.24, 2.45) is 0 Å². The Labute approximate surface area is 148 Å². The summed E-state index contributed by atoms with van der Waals surface area (Å²) in [6.07, 6.45) is 5.84. The summed E-state index contributed by atoms with van der Waals surface area (Å²) in [5.41, 5.74) is 2.71. The van der Waals surface area contributed by atoms with E-state index in [1.165, 1.54) is 18.5 Å². The maximum Gasteiger partial charge on any atom is 0.185 e. The predicted molar refractivity (Wildman–Crippen MR) is 101 cm³/mol. The van der Waals surface area contributed by atoms with Gasteiger partial charge in [0.05, 0.1) is 14.2 Å². The molecule has 0 N–H and O–H groups in total. The first-order valence-corrected chi connectivity index (χ1v) is 8.51. The molecule has 0 atom stereocenters. The highest BCUT2D eigenvalue weighted by atomic mass is 16.5. The van der Waals surface area contributed by atoms with Crippen molar-refractivity contribution in [1.82, 2.24) is 0 Å². The van der Waals surface area contributed by atoms with Crippen molar-refractivity contribution >= 4 is 17.5 Å². The molecule has 0 amide bonds. The van der Waals surface area contributed by atoms with Crippen molar-refractivity contribution in [2.75, 3.05) is 32.2 Å². The van der Waals surface area contributed by atoms with Crippen molar-refractivity contribution < 1.29 is 14.3 Å². The average Bonchev–Trinajstić information content (AvgIpc) is 3.20. The molecular weight excluding hydrogens is 314 g/mol. The van der Waals surface area contributed by atoms with Gasteiger partial charge < -0.3 is 14.4 Å². The molecule has 0 spiro atoms. The van der Waals surface area contributed by atoms with Crippen LogP contribution in [0.2, 0.25) is 0 Å². The second-order valence-electron chi connectivity index (χ2n) is 6.05. The van der Waals surface area contributed by atoms with E-state index in [0.717, 1.165) is 24.4 Å². The Morgan fingerprint density at radius 3 is 2.36 bits per heavy atom. The number of rotatable bonds is 6. The molecule has 25 heavy (non-hydrogen) atoms. The summed E-state index contributed by atoms with van der Waals surface area (Å²) in [5, 5.41) is 0. The normalized spacial score (nSPS) is 14.1. The number of nitrogens with zero attached hydrogens (tertiary/aromatic N) is 1. The van der Waals surface area contributed by atoms with Gasteiger partial charge in [-0.2, -0.15) is 0 Å². The van der Waals surface area contributed by atoms with E-state index in [9.17, 15) is 4.79 Å². The quantitative estimate of drug-likeness (QED) is 0.585. The Morgan fingerprint density at radius 1 is 1.00 bits per heavy atom. The van der Waals surface area contributed by atoms with Crippen molar-refractivity contribution in [3.05, 3.63) is 59.7 Å². The minimum atomic E-state index is -0.0224. The first-order chi connectivity index (χ1) is 12.2. The molecule has 4 nitrogen and oxygen atoms in total. The molecule has 2 aromatic carbocycles. The summed E-state index contributed by atoms with van der Waals surface area (Å²) in [4.78, 5) is 14.8. The molecule has 0 aliphatic carbocycles. The topological polar surface area (TPSA) is 38.8 Å². The molecule has 0 bridgehead atoms. The average molecular weight is 337 g/mol. The third-order valence-corrected chi connectivity index (χ3v) is 4.48. The minimum Gasteiger partial charge on any atom is -0.497 e. The van der Waals surface area contributed by atoms with E-state index in [1.54, 1.807) is 32.4 Å². The lowest BCUT2D eigenvalue weighted by atomic mass is 10.1. The lowest BCUT2D eigenvalue weighted by Crippen LogP contribution is -2.17. The van der Waals surface area contributed by atoms with E-state index >= 15 is 0 Å². The maximum atomic E-state index is 12.4. The van der Waals surface area contributed by atoms with Crippen LogP contribution in [0.15, 0.2) is 48.5 Å². The van der Waals surface area contributed by atoms with Crippen LogP contribution in [0.25, 0.3) is 6.08 Å². The van der Waals surface area contributed by atoms with Crippen LogP contribution in [-0.2, 0) is 0 Å². The van der Waals surface area contributed by atoms with Crippen LogP contribution in [-0.4, -0.2) is 33.1 Å². The number of ether oxygens (including phenoxy) is 2. The molecular formula is C21H23NO3. The summed E-state index contributed by atoms with van der Waals surface area (Å²) in [6, 6.07) is 13.4. The molecule has 0 saturated carbocycles. The Hall–Kier alpha value is -2.75. The molecule has 4 heteroatoms. The molecule has 130 valence electrons. The molecule has 1 saturated heterocycles. The third-order valence-electron chi connectivity index (χ3n) is 4.48. The molecule has 0 aromatic heterocycles. The van der Waals surface area contributed by atoms with Gasteiger partial charge in [0.1, 0.15) is 11.5 Å². The molecule has 1 aliphatic rings. The van der Waals surface area contributed by atoms with E-state index in [4.69, 9.17) is 9.47 Å². The zero-order chi connectivity index (χ0) is 17.6. The summed E-state index contributed by atoms with van der Waals surface area (Å²) in [6.45, 7) is 2.20. The number of benzene rings is 2. The first kappa shape index (κ1) is 17.1. The van der Waals surface area contributed by atoms with Gasteiger partial charge in [-0.05, 0) is 61.4 Å². The summed E-state index contributed by atoms with van der Waals surface area (Å²) in [5.74, 6) is 1.37. The Bertz CT molecular complexity index is 759. The number of carbonyl (C=O) groups excluding carboxylic acids is 1. The molecule has 1 fully saturated rings. The predicted octanol–water partition coefficient (Wildman–Crippen LogP) is 4.20. The van der Waals surface area contributed by atoms with E-state index in [1.807, 2.05) is 36.4 Å². The monoisotopic (exact) mass is 337 g/mol. The fourth-order valence-corrected chi connectivity index (χ4v) is 3.03. The smallest absolute Gasteiger partial charge is 0.185 e. The number of hydrogen-bond acceptors (Lipinski definition) is 4. The van der Waals surface area contributed by atoms with Crippen molar-refractivity contribution in [1.29, 1.82) is 0 Å². The SMILES string of the molecule is COc1ccc(/C=C/C(=O)c2ccc(N3CCCC3)cc2)c(OC)c1. The number of ketones is 1. The first-order valence-electron chi connectivity index (χ1n) is 8.51. The summed E-state index contributed by atoms with van der Waals surface area (Å²) in [7, 11) is 3.21. The van der Waals surface area contributed by atoms with Gasteiger partial charge in [0.15, 0.2) is 5.78 Å². The Balaban J connectivity index is 1.72.